The first-order valence-electron chi connectivity index (χ1n) is 5.97. The van der Waals surface area contributed by atoms with Gasteiger partial charge in [-0.3, -0.25) is 0 Å². The van der Waals surface area contributed by atoms with E-state index in [9.17, 15) is 0 Å². The third kappa shape index (κ3) is 6.09. The van der Waals surface area contributed by atoms with Crippen LogP contribution < -0.4 is 16.6 Å². The fraction of sp³-hybridized carbons (Fsp3) is 0.583. The Hall–Kier alpha value is -1.33. The molecule has 0 fully saturated rings. The van der Waals surface area contributed by atoms with Crippen LogP contribution in [0.4, 0.5) is 11.6 Å². The molecule has 1 aromatic heterocycles. The Morgan fingerprint density at radius 1 is 1.29 bits per heavy atom. The molecular weight excluding hydrogens is 216 g/mol. The molecule has 0 atom stereocenters. The smallest absolute Gasteiger partial charge is 0.142 e. The number of ether oxygens (including phenoxy) is 1. The zero-order chi connectivity index (χ0) is 12.5. The summed E-state index contributed by atoms with van der Waals surface area (Å²) < 4.78 is 5.49. The van der Waals surface area contributed by atoms with Crippen LogP contribution in [0.25, 0.3) is 0 Å². The molecule has 0 amide bonds. The molecule has 0 aliphatic rings. The van der Waals surface area contributed by atoms with E-state index in [1.807, 2.05) is 18.2 Å². The maximum Gasteiger partial charge on any atom is 0.142 e. The van der Waals surface area contributed by atoms with Crippen molar-refractivity contribution in [2.75, 3.05) is 30.5 Å². The van der Waals surface area contributed by atoms with Gasteiger partial charge in [0.15, 0.2) is 0 Å². The number of aromatic nitrogens is 1. The predicted octanol–water partition coefficient (Wildman–Crippen LogP) is 1.84. The molecule has 0 unspecified atom stereocenters. The van der Waals surface area contributed by atoms with E-state index in [1.54, 1.807) is 0 Å². The van der Waals surface area contributed by atoms with Gasteiger partial charge in [0.05, 0.1) is 6.61 Å². The summed E-state index contributed by atoms with van der Waals surface area (Å²) in [6, 6.07) is 5.60. The van der Waals surface area contributed by atoms with E-state index in [2.05, 4.69) is 29.6 Å². The van der Waals surface area contributed by atoms with Crippen LogP contribution in [0.5, 0.6) is 0 Å². The van der Waals surface area contributed by atoms with Gasteiger partial charge in [-0.1, -0.05) is 19.9 Å². The molecule has 0 radical (unpaired) electrons. The summed E-state index contributed by atoms with van der Waals surface area (Å²) >= 11 is 0. The molecule has 0 spiro atoms. The molecule has 0 saturated heterocycles. The highest BCUT2D eigenvalue weighted by Crippen LogP contribution is 2.07. The molecule has 0 aliphatic carbocycles. The van der Waals surface area contributed by atoms with Gasteiger partial charge in [-0.2, -0.15) is 0 Å². The molecular formula is C12H22N4O. The lowest BCUT2D eigenvalue weighted by Gasteiger charge is -2.08. The Morgan fingerprint density at radius 2 is 2.06 bits per heavy atom. The molecule has 0 bridgehead atoms. The summed E-state index contributed by atoms with van der Waals surface area (Å²) in [5.74, 6) is 7.42. The Labute approximate surface area is 103 Å². The molecule has 1 heterocycles. The summed E-state index contributed by atoms with van der Waals surface area (Å²) in [7, 11) is 0. The highest BCUT2D eigenvalue weighted by molar-refractivity contribution is 5.44. The van der Waals surface area contributed by atoms with Crippen molar-refractivity contribution < 1.29 is 4.74 Å². The van der Waals surface area contributed by atoms with Crippen LogP contribution >= 0.6 is 0 Å². The van der Waals surface area contributed by atoms with Crippen molar-refractivity contribution >= 4 is 11.6 Å². The third-order valence-corrected chi connectivity index (χ3v) is 2.29. The zero-order valence-electron chi connectivity index (χ0n) is 10.6. The molecule has 0 aromatic carbocycles. The maximum atomic E-state index is 5.49. The van der Waals surface area contributed by atoms with E-state index in [-0.39, 0.29) is 0 Å². The van der Waals surface area contributed by atoms with Crippen molar-refractivity contribution in [1.29, 1.82) is 0 Å². The van der Waals surface area contributed by atoms with E-state index in [4.69, 9.17) is 10.6 Å². The average Bonchev–Trinajstić information content (AvgIpc) is 2.33. The Balaban J connectivity index is 2.13. The van der Waals surface area contributed by atoms with Gasteiger partial charge in [-0.15, -0.1) is 0 Å². The minimum Gasteiger partial charge on any atom is -0.380 e. The molecule has 5 heteroatoms. The standard InChI is InChI=1S/C12H22N4O/c1-10(2)6-8-17-9-7-14-11-4-3-5-12(15-11)16-13/h3-5,10H,6-9,13H2,1-2H3,(H2,14,15,16). The fourth-order valence-corrected chi connectivity index (χ4v) is 1.29. The number of nitrogen functional groups attached to an aromatic ring is 1. The number of hydrazine groups is 1. The quantitative estimate of drug-likeness (QED) is 0.366. The number of anilines is 2. The van der Waals surface area contributed by atoms with Gasteiger partial charge in [-0.05, 0) is 24.5 Å². The number of pyridine rings is 1. The lowest BCUT2D eigenvalue weighted by atomic mass is 10.1. The van der Waals surface area contributed by atoms with Crippen LogP contribution in [0, 0.1) is 5.92 Å². The van der Waals surface area contributed by atoms with Crippen LogP contribution in [0.1, 0.15) is 20.3 Å². The lowest BCUT2D eigenvalue weighted by molar-refractivity contribution is 0.132. The maximum absolute atomic E-state index is 5.49. The molecule has 0 aliphatic heterocycles. The van der Waals surface area contributed by atoms with Crippen molar-refractivity contribution in [3.63, 3.8) is 0 Å². The fourth-order valence-electron chi connectivity index (χ4n) is 1.29. The summed E-state index contributed by atoms with van der Waals surface area (Å²) in [6.07, 6.45) is 1.10. The SMILES string of the molecule is CC(C)CCOCCNc1cccc(NN)n1. The summed E-state index contributed by atoms with van der Waals surface area (Å²) in [5, 5.41) is 3.18. The Morgan fingerprint density at radius 3 is 2.76 bits per heavy atom. The van der Waals surface area contributed by atoms with E-state index in [0.717, 1.165) is 25.4 Å². The lowest BCUT2D eigenvalue weighted by Crippen LogP contribution is -2.13. The van der Waals surface area contributed by atoms with Crippen LogP contribution in [-0.2, 0) is 4.74 Å². The highest BCUT2D eigenvalue weighted by Gasteiger charge is 1.96. The highest BCUT2D eigenvalue weighted by atomic mass is 16.5. The van der Waals surface area contributed by atoms with Crippen molar-refractivity contribution in [2.24, 2.45) is 11.8 Å². The molecule has 96 valence electrons. The summed E-state index contributed by atoms with van der Waals surface area (Å²) in [6.45, 7) is 6.64. The summed E-state index contributed by atoms with van der Waals surface area (Å²) in [5.41, 5.74) is 2.51. The van der Waals surface area contributed by atoms with Crippen molar-refractivity contribution in [2.45, 2.75) is 20.3 Å². The van der Waals surface area contributed by atoms with Crippen molar-refractivity contribution in [1.82, 2.24) is 4.98 Å². The van der Waals surface area contributed by atoms with Crippen LogP contribution in [0.3, 0.4) is 0 Å². The largest absolute Gasteiger partial charge is 0.380 e. The zero-order valence-corrected chi connectivity index (χ0v) is 10.6. The molecule has 4 N–H and O–H groups in total. The number of hydrogen-bond donors (Lipinski definition) is 3. The Bertz CT molecular complexity index is 317. The minimum absolute atomic E-state index is 0.649. The number of nitrogens with two attached hydrogens (primary N) is 1. The minimum atomic E-state index is 0.649. The first-order valence-corrected chi connectivity index (χ1v) is 5.97. The van der Waals surface area contributed by atoms with E-state index in [0.29, 0.717) is 18.3 Å². The van der Waals surface area contributed by atoms with Gasteiger partial charge in [0.25, 0.3) is 0 Å². The first-order chi connectivity index (χ1) is 8.22. The monoisotopic (exact) mass is 238 g/mol. The molecule has 1 rings (SSSR count). The predicted molar refractivity (Wildman–Crippen MR) is 70.8 cm³/mol. The topological polar surface area (TPSA) is 72.2 Å². The van der Waals surface area contributed by atoms with Gasteiger partial charge < -0.3 is 15.5 Å². The van der Waals surface area contributed by atoms with E-state index < -0.39 is 0 Å². The molecule has 17 heavy (non-hydrogen) atoms. The Kier molecular flexibility index (Phi) is 6.35. The van der Waals surface area contributed by atoms with Gasteiger partial charge in [0.2, 0.25) is 0 Å². The summed E-state index contributed by atoms with van der Waals surface area (Å²) in [4.78, 5) is 4.23. The number of hydrogen-bond acceptors (Lipinski definition) is 5. The van der Waals surface area contributed by atoms with Crippen molar-refractivity contribution in [3.05, 3.63) is 18.2 Å². The number of rotatable bonds is 8. The van der Waals surface area contributed by atoms with E-state index >= 15 is 0 Å². The first kappa shape index (κ1) is 13.7. The van der Waals surface area contributed by atoms with Crippen LogP contribution in [0.2, 0.25) is 0 Å². The normalized spacial score (nSPS) is 10.6. The second-order valence-electron chi connectivity index (χ2n) is 4.27. The van der Waals surface area contributed by atoms with Gasteiger partial charge in [0, 0.05) is 13.2 Å². The van der Waals surface area contributed by atoms with Crippen LogP contribution in [-0.4, -0.2) is 24.7 Å². The van der Waals surface area contributed by atoms with Gasteiger partial charge in [-0.25, -0.2) is 10.8 Å². The van der Waals surface area contributed by atoms with Gasteiger partial charge >= 0.3 is 0 Å². The molecule has 5 nitrogen and oxygen atoms in total. The average molecular weight is 238 g/mol. The van der Waals surface area contributed by atoms with E-state index in [1.165, 1.54) is 0 Å². The third-order valence-electron chi connectivity index (χ3n) is 2.29. The number of nitrogens with zero attached hydrogens (tertiary/aromatic N) is 1. The molecule has 0 saturated carbocycles. The second kappa shape index (κ2) is 7.86. The van der Waals surface area contributed by atoms with Crippen LogP contribution in [0.15, 0.2) is 18.2 Å². The second-order valence-corrected chi connectivity index (χ2v) is 4.27. The number of nitrogens with one attached hydrogen (secondary N) is 2. The van der Waals surface area contributed by atoms with Gasteiger partial charge in [0.1, 0.15) is 11.6 Å². The molecule has 1 aromatic rings. The van der Waals surface area contributed by atoms with Crippen molar-refractivity contribution in [3.8, 4) is 0 Å².